The van der Waals surface area contributed by atoms with Gasteiger partial charge in [0.05, 0.1) is 23.3 Å². The molecule has 1 aliphatic carbocycles. The van der Waals surface area contributed by atoms with Gasteiger partial charge in [-0.1, -0.05) is 110 Å². The van der Waals surface area contributed by atoms with Crippen LogP contribution in [0.15, 0.2) is 152 Å². The second kappa shape index (κ2) is 14.4. The van der Waals surface area contributed by atoms with Gasteiger partial charge in [0.15, 0.2) is 17.5 Å². The van der Waals surface area contributed by atoms with Crippen molar-refractivity contribution >= 4 is 22.4 Å². The molecule has 1 heterocycles. The van der Waals surface area contributed by atoms with Gasteiger partial charge < -0.3 is 0 Å². The lowest BCUT2D eigenvalue weighted by Gasteiger charge is -2.11. The third-order valence-electron chi connectivity index (χ3n) is 8.57. The molecule has 1 aromatic heterocycles. The first-order valence-electron chi connectivity index (χ1n) is 16.4. The van der Waals surface area contributed by atoms with Crippen LogP contribution >= 0.6 is 0 Å². The second-order valence-electron chi connectivity index (χ2n) is 11.9. The molecule has 0 aliphatic heterocycles. The summed E-state index contributed by atoms with van der Waals surface area (Å²) in [4.78, 5) is 14.4. The van der Waals surface area contributed by atoms with Crippen LogP contribution in [0.2, 0.25) is 0 Å². The number of benzene rings is 5. The SMILES string of the molecule is C=C/C=C\C=C\c1nc(C2=CCCC=C2)nc(-c2ccc(-c3ccc4ccc(-c5cc(C#N)cc(-c6ccc(C#N)cc6)c5)cc4c3)cc2)n1. The molecule has 0 unspecified atom stereocenters. The third-order valence-corrected chi connectivity index (χ3v) is 8.57. The van der Waals surface area contributed by atoms with Crippen LogP contribution in [0.4, 0.5) is 0 Å². The van der Waals surface area contributed by atoms with Gasteiger partial charge in [0, 0.05) is 11.1 Å². The van der Waals surface area contributed by atoms with E-state index >= 15 is 0 Å². The summed E-state index contributed by atoms with van der Waals surface area (Å²) in [5, 5.41) is 21.2. The van der Waals surface area contributed by atoms with Crippen molar-refractivity contribution in [3.63, 3.8) is 0 Å². The highest BCUT2D eigenvalue weighted by molar-refractivity contribution is 5.91. The fourth-order valence-electron chi connectivity index (χ4n) is 5.97. The van der Waals surface area contributed by atoms with Crippen LogP contribution in [0.3, 0.4) is 0 Å². The molecule has 1 aliphatic rings. The standard InChI is InChI=1S/C45H31N5/c1-2-3-4-8-11-43-48-44(36-9-6-5-7-10-36)50-45(49-43)37-20-16-33(17-21-37)38-22-18-35-19-23-39(27-42(35)26-38)41-25-32(30-47)24-40(28-41)34-14-12-31(29-46)13-15-34/h2-4,6,8-28H,1,5,7H2/b4-3-,11-8+. The average Bonchev–Trinajstić information content (AvgIpc) is 3.19. The zero-order chi connectivity index (χ0) is 34.3. The van der Waals surface area contributed by atoms with E-state index in [9.17, 15) is 10.5 Å². The van der Waals surface area contributed by atoms with Crippen LogP contribution in [0, 0.1) is 22.7 Å². The summed E-state index contributed by atoms with van der Waals surface area (Å²) in [6.45, 7) is 3.72. The van der Waals surface area contributed by atoms with Crippen molar-refractivity contribution in [2.45, 2.75) is 12.8 Å². The number of rotatable bonds is 8. The topological polar surface area (TPSA) is 86.2 Å². The van der Waals surface area contributed by atoms with Crippen LogP contribution in [0.25, 0.3) is 67.2 Å². The molecule has 7 rings (SSSR count). The van der Waals surface area contributed by atoms with Gasteiger partial charge in [-0.2, -0.15) is 10.5 Å². The minimum absolute atomic E-state index is 0.584. The maximum absolute atomic E-state index is 9.81. The maximum Gasteiger partial charge on any atom is 0.164 e. The van der Waals surface area contributed by atoms with Crippen LogP contribution in [0.5, 0.6) is 0 Å². The molecule has 5 heteroatoms. The zero-order valence-corrected chi connectivity index (χ0v) is 27.3. The lowest BCUT2D eigenvalue weighted by atomic mass is 9.94. The van der Waals surface area contributed by atoms with Crippen molar-refractivity contribution in [1.29, 1.82) is 10.5 Å². The molecule has 0 fully saturated rings. The van der Waals surface area contributed by atoms with Crippen LogP contribution < -0.4 is 0 Å². The molecule has 0 atom stereocenters. The normalized spacial score (nSPS) is 12.6. The van der Waals surface area contributed by atoms with Crippen LogP contribution in [0.1, 0.15) is 35.6 Å². The smallest absolute Gasteiger partial charge is 0.164 e. The molecule has 0 saturated heterocycles. The van der Waals surface area contributed by atoms with Gasteiger partial charge in [0.1, 0.15) is 0 Å². The maximum atomic E-state index is 9.81. The van der Waals surface area contributed by atoms with Crippen molar-refractivity contribution in [3.05, 3.63) is 175 Å². The van der Waals surface area contributed by atoms with Crippen LogP contribution in [-0.2, 0) is 0 Å². The second-order valence-corrected chi connectivity index (χ2v) is 11.9. The third kappa shape index (κ3) is 6.99. The summed E-state index contributed by atoms with van der Waals surface area (Å²) in [5.41, 5.74) is 9.15. The Kier molecular flexibility index (Phi) is 9.14. The Morgan fingerprint density at radius 2 is 1.16 bits per heavy atom. The first kappa shape index (κ1) is 31.6. The average molecular weight is 642 g/mol. The molecule has 0 bridgehead atoms. The molecule has 0 spiro atoms. The Morgan fingerprint density at radius 1 is 0.540 bits per heavy atom. The number of nitrogens with zero attached hydrogens (tertiary/aromatic N) is 5. The molecule has 6 aromatic rings. The van der Waals surface area contributed by atoms with Gasteiger partial charge >= 0.3 is 0 Å². The monoisotopic (exact) mass is 641 g/mol. The van der Waals surface area contributed by atoms with E-state index in [0.717, 1.165) is 68.1 Å². The highest BCUT2D eigenvalue weighted by Gasteiger charge is 2.12. The highest BCUT2D eigenvalue weighted by Crippen LogP contribution is 2.33. The molecule has 0 N–H and O–H groups in total. The predicted molar refractivity (Wildman–Crippen MR) is 203 cm³/mol. The fourth-order valence-corrected chi connectivity index (χ4v) is 5.97. The Bertz CT molecular complexity index is 2450. The lowest BCUT2D eigenvalue weighted by molar-refractivity contribution is 0.990. The zero-order valence-electron chi connectivity index (χ0n) is 27.3. The summed E-state index contributed by atoms with van der Waals surface area (Å²) in [5.74, 6) is 1.88. The number of nitriles is 2. The molecule has 5 nitrogen and oxygen atoms in total. The molecule has 50 heavy (non-hydrogen) atoms. The van der Waals surface area contributed by atoms with E-state index in [1.165, 1.54) is 0 Å². The van der Waals surface area contributed by atoms with Crippen molar-refractivity contribution in [2.75, 3.05) is 0 Å². The minimum atomic E-state index is 0.584. The van der Waals surface area contributed by atoms with Gasteiger partial charge in [-0.25, -0.2) is 15.0 Å². The number of aromatic nitrogens is 3. The summed E-state index contributed by atoms with van der Waals surface area (Å²) in [6.07, 6.45) is 17.7. The van der Waals surface area contributed by atoms with E-state index < -0.39 is 0 Å². The van der Waals surface area contributed by atoms with Crippen LogP contribution in [-0.4, -0.2) is 15.0 Å². The lowest BCUT2D eigenvalue weighted by Crippen LogP contribution is -2.02. The first-order valence-corrected chi connectivity index (χ1v) is 16.4. The van der Waals surface area contributed by atoms with Crippen molar-refractivity contribution < 1.29 is 0 Å². The van der Waals surface area contributed by atoms with Crippen molar-refractivity contribution in [1.82, 2.24) is 15.0 Å². The largest absolute Gasteiger partial charge is 0.209 e. The molecular weight excluding hydrogens is 611 g/mol. The number of hydrogen-bond donors (Lipinski definition) is 0. The Balaban J connectivity index is 1.20. The molecule has 0 amide bonds. The molecular formula is C45H31N5. The van der Waals surface area contributed by atoms with E-state index in [4.69, 9.17) is 15.0 Å². The van der Waals surface area contributed by atoms with E-state index in [0.29, 0.717) is 28.6 Å². The Hall–Kier alpha value is -6.95. The van der Waals surface area contributed by atoms with Gasteiger partial charge in [-0.05, 0) is 106 Å². The fraction of sp³-hybridized carbons (Fsp3) is 0.0444. The quantitative estimate of drug-likeness (QED) is 0.154. The predicted octanol–water partition coefficient (Wildman–Crippen LogP) is 10.9. The number of fused-ring (bicyclic) bond motifs is 1. The summed E-state index contributed by atoms with van der Waals surface area (Å²) in [7, 11) is 0. The van der Waals surface area contributed by atoms with E-state index in [2.05, 4.69) is 104 Å². The summed E-state index contributed by atoms with van der Waals surface area (Å²) >= 11 is 0. The molecule has 5 aromatic carbocycles. The number of allylic oxidation sites excluding steroid dienone is 8. The van der Waals surface area contributed by atoms with E-state index in [1.54, 1.807) is 18.2 Å². The summed E-state index contributed by atoms with van der Waals surface area (Å²) < 4.78 is 0. The van der Waals surface area contributed by atoms with Crippen molar-refractivity contribution in [3.8, 4) is 56.9 Å². The summed E-state index contributed by atoms with van der Waals surface area (Å²) in [6, 6.07) is 39.0. The highest BCUT2D eigenvalue weighted by atomic mass is 15.0. The Labute approximate surface area is 291 Å². The Morgan fingerprint density at radius 3 is 1.84 bits per heavy atom. The molecule has 0 radical (unpaired) electrons. The van der Waals surface area contributed by atoms with E-state index in [1.807, 2.05) is 48.6 Å². The van der Waals surface area contributed by atoms with Gasteiger partial charge in [-0.3, -0.25) is 0 Å². The van der Waals surface area contributed by atoms with Gasteiger partial charge in [0.25, 0.3) is 0 Å². The molecule has 236 valence electrons. The first-order chi connectivity index (χ1) is 24.6. The van der Waals surface area contributed by atoms with Gasteiger partial charge in [0.2, 0.25) is 0 Å². The minimum Gasteiger partial charge on any atom is -0.209 e. The van der Waals surface area contributed by atoms with Gasteiger partial charge in [-0.15, -0.1) is 0 Å². The molecule has 0 saturated carbocycles. The van der Waals surface area contributed by atoms with Crippen molar-refractivity contribution in [2.24, 2.45) is 0 Å². The van der Waals surface area contributed by atoms with E-state index in [-0.39, 0.29) is 0 Å². The number of hydrogen-bond acceptors (Lipinski definition) is 5.